The monoisotopic (exact) mass is 403 g/mol. The Bertz CT molecular complexity index is 1120. The molecular formula is C23H25N5O2. The molecule has 7 nitrogen and oxygen atoms in total. The van der Waals surface area contributed by atoms with Crippen LogP contribution in [0, 0.1) is 0 Å². The predicted octanol–water partition coefficient (Wildman–Crippen LogP) is 2.66. The summed E-state index contributed by atoms with van der Waals surface area (Å²) in [7, 11) is 3.70. The lowest BCUT2D eigenvalue weighted by Gasteiger charge is -2.15. The molecule has 7 heteroatoms. The standard InChI is InChI=1S/C23H25N5O2/c1-27-14-18-11-16(12-25-23(18)26-21(29)15-27)7-8-22(30)28(2)10-9-17-13-24-20-6-4-3-5-19(17)20/h3-8,11-13,24H,9-10,14-15H2,1-2H3,(H,25,26,29). The molecule has 3 heterocycles. The van der Waals surface area contributed by atoms with Gasteiger partial charge in [0.15, 0.2) is 0 Å². The van der Waals surface area contributed by atoms with Gasteiger partial charge in [0.2, 0.25) is 11.8 Å². The van der Waals surface area contributed by atoms with Crippen LogP contribution in [0.15, 0.2) is 48.8 Å². The molecule has 2 amide bonds. The number of likely N-dealkylation sites (N-methyl/N-ethyl adjacent to an activating group) is 2. The third-order valence-electron chi connectivity index (χ3n) is 5.29. The molecule has 0 aliphatic carbocycles. The molecule has 3 aromatic rings. The molecule has 0 saturated carbocycles. The van der Waals surface area contributed by atoms with Crippen LogP contribution in [-0.2, 0) is 22.6 Å². The molecule has 1 aromatic carbocycles. The second-order valence-corrected chi connectivity index (χ2v) is 7.70. The number of carbonyl (C=O) groups is 2. The van der Waals surface area contributed by atoms with E-state index in [-0.39, 0.29) is 11.8 Å². The third kappa shape index (κ3) is 4.41. The van der Waals surface area contributed by atoms with E-state index in [1.807, 2.05) is 42.4 Å². The van der Waals surface area contributed by atoms with Crippen molar-refractivity contribution in [3.8, 4) is 0 Å². The van der Waals surface area contributed by atoms with Gasteiger partial charge in [-0.25, -0.2) is 4.98 Å². The third-order valence-corrected chi connectivity index (χ3v) is 5.29. The summed E-state index contributed by atoms with van der Waals surface area (Å²) in [6, 6.07) is 10.1. The minimum absolute atomic E-state index is 0.0600. The minimum atomic E-state index is -0.0703. The van der Waals surface area contributed by atoms with E-state index in [4.69, 9.17) is 0 Å². The van der Waals surface area contributed by atoms with Crippen molar-refractivity contribution in [3.05, 3.63) is 65.5 Å². The zero-order chi connectivity index (χ0) is 21.1. The second kappa shape index (κ2) is 8.51. The molecule has 0 bridgehead atoms. The first-order chi connectivity index (χ1) is 14.5. The van der Waals surface area contributed by atoms with Gasteiger partial charge >= 0.3 is 0 Å². The van der Waals surface area contributed by atoms with Gasteiger partial charge in [0, 0.05) is 55.1 Å². The summed E-state index contributed by atoms with van der Waals surface area (Å²) in [6.45, 7) is 1.59. The lowest BCUT2D eigenvalue weighted by molar-refractivity contribution is -0.124. The molecule has 4 rings (SSSR count). The number of anilines is 1. The van der Waals surface area contributed by atoms with Crippen molar-refractivity contribution >= 4 is 34.6 Å². The first kappa shape index (κ1) is 19.8. The highest BCUT2D eigenvalue weighted by atomic mass is 16.2. The maximum Gasteiger partial charge on any atom is 0.246 e. The zero-order valence-corrected chi connectivity index (χ0v) is 17.2. The molecule has 1 aliphatic heterocycles. The van der Waals surface area contributed by atoms with E-state index in [0.717, 1.165) is 23.1 Å². The molecule has 0 spiro atoms. The number of aromatic amines is 1. The number of hydrogen-bond donors (Lipinski definition) is 2. The first-order valence-corrected chi connectivity index (χ1v) is 9.95. The molecule has 0 unspecified atom stereocenters. The number of aromatic nitrogens is 2. The van der Waals surface area contributed by atoms with Gasteiger partial charge in [-0.15, -0.1) is 0 Å². The average molecular weight is 403 g/mol. The molecular weight excluding hydrogens is 378 g/mol. The van der Waals surface area contributed by atoms with E-state index < -0.39 is 0 Å². The van der Waals surface area contributed by atoms with Crippen molar-refractivity contribution in [2.24, 2.45) is 0 Å². The van der Waals surface area contributed by atoms with Gasteiger partial charge in [-0.1, -0.05) is 18.2 Å². The molecule has 0 saturated heterocycles. The summed E-state index contributed by atoms with van der Waals surface area (Å²) >= 11 is 0. The Morgan fingerprint density at radius 3 is 3.00 bits per heavy atom. The van der Waals surface area contributed by atoms with Gasteiger partial charge in [-0.05, 0) is 42.8 Å². The van der Waals surface area contributed by atoms with Crippen LogP contribution in [-0.4, -0.2) is 58.8 Å². The molecule has 0 fully saturated rings. The molecule has 1 aliphatic rings. The van der Waals surface area contributed by atoms with Crippen molar-refractivity contribution in [2.75, 3.05) is 32.5 Å². The summed E-state index contributed by atoms with van der Waals surface area (Å²) in [5, 5.41) is 4.01. The lowest BCUT2D eigenvalue weighted by atomic mass is 10.1. The maximum absolute atomic E-state index is 12.5. The number of nitrogens with zero attached hydrogens (tertiary/aromatic N) is 3. The Balaban J connectivity index is 1.39. The molecule has 0 atom stereocenters. The smallest absolute Gasteiger partial charge is 0.246 e. The molecule has 0 radical (unpaired) electrons. The van der Waals surface area contributed by atoms with Gasteiger partial charge in [0.1, 0.15) is 5.82 Å². The highest BCUT2D eigenvalue weighted by molar-refractivity contribution is 5.93. The van der Waals surface area contributed by atoms with Crippen molar-refractivity contribution in [2.45, 2.75) is 13.0 Å². The van der Waals surface area contributed by atoms with Crippen LogP contribution in [0.3, 0.4) is 0 Å². The van der Waals surface area contributed by atoms with Gasteiger partial charge in [0.25, 0.3) is 0 Å². The highest BCUT2D eigenvalue weighted by Gasteiger charge is 2.17. The predicted molar refractivity (Wildman–Crippen MR) is 118 cm³/mol. The van der Waals surface area contributed by atoms with Crippen LogP contribution in [0.25, 0.3) is 17.0 Å². The Morgan fingerprint density at radius 1 is 1.30 bits per heavy atom. The molecule has 154 valence electrons. The Morgan fingerprint density at radius 2 is 2.13 bits per heavy atom. The summed E-state index contributed by atoms with van der Waals surface area (Å²) in [4.78, 5) is 35.6. The Labute approximate surface area is 175 Å². The number of rotatable bonds is 5. The number of pyridine rings is 1. The van der Waals surface area contributed by atoms with Crippen LogP contribution in [0.2, 0.25) is 0 Å². The first-order valence-electron chi connectivity index (χ1n) is 9.95. The van der Waals surface area contributed by atoms with Crippen molar-refractivity contribution in [1.29, 1.82) is 0 Å². The van der Waals surface area contributed by atoms with E-state index in [2.05, 4.69) is 21.4 Å². The number of H-pyrrole nitrogens is 1. The van der Waals surface area contributed by atoms with Gasteiger partial charge in [-0.2, -0.15) is 0 Å². The van der Waals surface area contributed by atoms with Gasteiger partial charge in [-0.3, -0.25) is 14.5 Å². The summed E-state index contributed by atoms with van der Waals surface area (Å²) in [5.41, 5.74) is 4.08. The van der Waals surface area contributed by atoms with Crippen LogP contribution in [0.1, 0.15) is 16.7 Å². The number of amides is 2. The Hall–Kier alpha value is -3.45. The number of hydrogen-bond acceptors (Lipinski definition) is 4. The van der Waals surface area contributed by atoms with E-state index >= 15 is 0 Å². The fraction of sp³-hybridized carbons (Fsp3) is 0.261. The van der Waals surface area contributed by atoms with E-state index in [1.165, 1.54) is 10.9 Å². The molecule has 2 aromatic heterocycles. The van der Waals surface area contributed by atoms with E-state index in [1.54, 1.807) is 30.3 Å². The van der Waals surface area contributed by atoms with Gasteiger partial charge in [0.05, 0.1) is 6.54 Å². The largest absolute Gasteiger partial charge is 0.361 e. The summed E-state index contributed by atoms with van der Waals surface area (Å²) in [6.07, 6.45) is 7.80. The van der Waals surface area contributed by atoms with Crippen LogP contribution >= 0.6 is 0 Å². The minimum Gasteiger partial charge on any atom is -0.361 e. The Kier molecular flexibility index (Phi) is 5.63. The SMILES string of the molecule is CN1CC(=O)Nc2ncc(C=CC(=O)N(C)CCc3c[nH]c4ccccc34)cc2C1. The number of benzene rings is 1. The van der Waals surface area contributed by atoms with Crippen LogP contribution in [0.5, 0.6) is 0 Å². The van der Waals surface area contributed by atoms with Crippen LogP contribution in [0.4, 0.5) is 5.82 Å². The summed E-state index contributed by atoms with van der Waals surface area (Å²) < 4.78 is 0. The molecule has 2 N–H and O–H groups in total. The highest BCUT2D eigenvalue weighted by Crippen LogP contribution is 2.20. The average Bonchev–Trinajstić information content (AvgIpc) is 3.08. The quantitative estimate of drug-likeness (QED) is 0.642. The number of carbonyl (C=O) groups excluding carboxylic acids is 2. The number of para-hydroxylation sites is 1. The van der Waals surface area contributed by atoms with Gasteiger partial charge < -0.3 is 15.2 Å². The van der Waals surface area contributed by atoms with Crippen molar-refractivity contribution < 1.29 is 9.59 Å². The van der Waals surface area contributed by atoms with Crippen molar-refractivity contribution in [1.82, 2.24) is 19.8 Å². The summed E-state index contributed by atoms with van der Waals surface area (Å²) in [5.74, 6) is 0.456. The topological polar surface area (TPSA) is 81.3 Å². The second-order valence-electron chi connectivity index (χ2n) is 7.70. The zero-order valence-electron chi connectivity index (χ0n) is 17.2. The number of nitrogens with one attached hydrogen (secondary N) is 2. The molecule has 30 heavy (non-hydrogen) atoms. The van der Waals surface area contributed by atoms with Crippen LogP contribution < -0.4 is 5.32 Å². The maximum atomic E-state index is 12.5. The van der Waals surface area contributed by atoms with Crippen molar-refractivity contribution in [3.63, 3.8) is 0 Å². The lowest BCUT2D eigenvalue weighted by Crippen LogP contribution is -2.27. The normalized spacial score (nSPS) is 14.5. The fourth-order valence-electron chi connectivity index (χ4n) is 3.65. The fourth-order valence-corrected chi connectivity index (χ4v) is 3.65. The van der Waals surface area contributed by atoms with E-state index in [0.29, 0.717) is 25.5 Å². The number of fused-ring (bicyclic) bond motifs is 2. The van der Waals surface area contributed by atoms with E-state index in [9.17, 15) is 9.59 Å².